The first-order chi connectivity index (χ1) is 12.7. The second-order valence-corrected chi connectivity index (χ2v) is 6.83. The quantitative estimate of drug-likeness (QED) is 0.546. The van der Waals surface area contributed by atoms with Gasteiger partial charge in [0.15, 0.2) is 4.96 Å². The predicted molar refractivity (Wildman–Crippen MR) is 100 cm³/mol. The van der Waals surface area contributed by atoms with Gasteiger partial charge in [-0.2, -0.15) is 0 Å². The molecule has 0 bridgehead atoms. The number of amides is 1. The molecule has 0 spiro atoms. The maximum absolute atomic E-state index is 13.1. The Morgan fingerprint density at radius 2 is 2.08 bits per heavy atom. The molecule has 0 aliphatic carbocycles. The minimum Gasteiger partial charge on any atom is -0.383 e. The summed E-state index contributed by atoms with van der Waals surface area (Å²) in [5.41, 5.74) is 3.25. The Balaban J connectivity index is 1.66. The molecule has 0 fully saturated rings. The Morgan fingerprint density at radius 3 is 2.85 bits per heavy atom. The molecule has 0 unspecified atom stereocenters. The highest BCUT2D eigenvalue weighted by Gasteiger charge is 2.13. The van der Waals surface area contributed by atoms with Gasteiger partial charge in [0, 0.05) is 31.0 Å². The second kappa shape index (κ2) is 6.86. The molecule has 1 N–H and O–H groups in total. The lowest BCUT2D eigenvalue weighted by molar-refractivity contribution is 0.0937. The number of carbonyl (C=O) groups is 1. The van der Waals surface area contributed by atoms with Gasteiger partial charge in [-0.05, 0) is 42.5 Å². The van der Waals surface area contributed by atoms with E-state index in [0.29, 0.717) is 18.7 Å². The van der Waals surface area contributed by atoms with Crippen LogP contribution in [-0.4, -0.2) is 35.6 Å². The number of carbonyl (C=O) groups excluding carboxylic acids is 1. The van der Waals surface area contributed by atoms with E-state index in [0.717, 1.165) is 26.4 Å². The van der Waals surface area contributed by atoms with Crippen LogP contribution < -0.4 is 5.32 Å². The number of halogens is 1. The van der Waals surface area contributed by atoms with E-state index in [9.17, 15) is 9.18 Å². The monoisotopic (exact) mass is 369 g/mol. The lowest BCUT2D eigenvalue weighted by Crippen LogP contribution is -2.26. The van der Waals surface area contributed by atoms with Crippen molar-refractivity contribution < 1.29 is 13.9 Å². The second-order valence-electron chi connectivity index (χ2n) is 5.82. The predicted octanol–water partition coefficient (Wildman–Crippen LogP) is 3.73. The number of rotatable bonds is 5. The maximum Gasteiger partial charge on any atom is 0.251 e. The van der Waals surface area contributed by atoms with E-state index in [-0.39, 0.29) is 11.7 Å². The van der Waals surface area contributed by atoms with Crippen molar-refractivity contribution in [2.24, 2.45) is 0 Å². The molecule has 4 rings (SSSR count). The Kier molecular flexibility index (Phi) is 4.40. The van der Waals surface area contributed by atoms with Crippen LogP contribution in [0.3, 0.4) is 0 Å². The highest BCUT2D eigenvalue weighted by Crippen LogP contribution is 2.30. The number of hydrogen-bond donors (Lipinski definition) is 1. The van der Waals surface area contributed by atoms with Gasteiger partial charge < -0.3 is 10.1 Å². The fraction of sp³-hybridized carbons (Fsp3) is 0.158. The van der Waals surface area contributed by atoms with Crippen molar-refractivity contribution >= 4 is 32.4 Å². The van der Waals surface area contributed by atoms with E-state index < -0.39 is 0 Å². The Labute approximate surface area is 153 Å². The average Bonchev–Trinajstić information content (AvgIpc) is 3.19. The summed E-state index contributed by atoms with van der Waals surface area (Å²) in [6.45, 7) is 0.954. The van der Waals surface area contributed by atoms with Crippen molar-refractivity contribution in [2.45, 2.75) is 0 Å². The maximum atomic E-state index is 13.1. The minimum absolute atomic E-state index is 0.123. The molecule has 0 aliphatic heterocycles. The summed E-state index contributed by atoms with van der Waals surface area (Å²) in [4.78, 5) is 17.6. The molecule has 0 atom stereocenters. The van der Waals surface area contributed by atoms with E-state index in [1.54, 1.807) is 25.3 Å². The zero-order valence-corrected chi connectivity index (χ0v) is 14.8. The van der Waals surface area contributed by atoms with Gasteiger partial charge in [0.05, 0.1) is 22.5 Å². The molecule has 2 heterocycles. The highest BCUT2D eigenvalue weighted by molar-refractivity contribution is 7.23. The first-order valence-corrected chi connectivity index (χ1v) is 8.92. The molecular formula is C19H16FN3O2S. The summed E-state index contributed by atoms with van der Waals surface area (Å²) in [6.07, 6.45) is 1.93. The molecule has 2 aromatic carbocycles. The third kappa shape index (κ3) is 3.07. The van der Waals surface area contributed by atoms with Gasteiger partial charge in [-0.1, -0.05) is 11.3 Å². The molecule has 132 valence electrons. The van der Waals surface area contributed by atoms with E-state index in [2.05, 4.69) is 10.3 Å². The van der Waals surface area contributed by atoms with Crippen molar-refractivity contribution in [2.75, 3.05) is 20.3 Å². The number of ether oxygens (including phenoxy) is 1. The smallest absolute Gasteiger partial charge is 0.251 e. The topological polar surface area (TPSA) is 55.6 Å². The highest BCUT2D eigenvalue weighted by atomic mass is 32.1. The number of fused-ring (bicyclic) bond motifs is 3. The van der Waals surface area contributed by atoms with Gasteiger partial charge in [-0.25, -0.2) is 9.37 Å². The van der Waals surface area contributed by atoms with Gasteiger partial charge in [0.2, 0.25) is 0 Å². The zero-order chi connectivity index (χ0) is 18.1. The largest absolute Gasteiger partial charge is 0.383 e. The molecule has 5 nitrogen and oxygen atoms in total. The molecule has 0 saturated heterocycles. The number of aromatic nitrogens is 2. The van der Waals surface area contributed by atoms with Crippen molar-refractivity contribution in [3.05, 3.63) is 60.0 Å². The normalized spacial score (nSPS) is 11.3. The molecule has 0 saturated carbocycles. The van der Waals surface area contributed by atoms with Gasteiger partial charge >= 0.3 is 0 Å². The Morgan fingerprint density at radius 1 is 1.27 bits per heavy atom. The number of thiazole rings is 1. The third-order valence-electron chi connectivity index (χ3n) is 4.09. The van der Waals surface area contributed by atoms with Crippen molar-refractivity contribution in [3.63, 3.8) is 0 Å². The standard InChI is InChI=1S/C19H16FN3O2S/c1-25-9-8-21-18(24)13-4-7-16-17(10-13)26-19-22-15(11-23(16)19)12-2-5-14(20)6-3-12/h2-7,10-11H,8-9H2,1H3,(H,21,24). The van der Waals surface area contributed by atoms with Crippen LogP contribution in [0.5, 0.6) is 0 Å². The first-order valence-electron chi connectivity index (χ1n) is 8.10. The van der Waals surface area contributed by atoms with E-state index >= 15 is 0 Å². The SMILES string of the molecule is COCCNC(=O)c1ccc2c(c1)sc1nc(-c3ccc(F)cc3)cn12. The van der Waals surface area contributed by atoms with E-state index in [1.165, 1.54) is 23.5 Å². The van der Waals surface area contributed by atoms with Crippen molar-refractivity contribution in [3.8, 4) is 11.3 Å². The van der Waals surface area contributed by atoms with Gasteiger partial charge in [-0.15, -0.1) is 0 Å². The summed E-state index contributed by atoms with van der Waals surface area (Å²) in [7, 11) is 1.60. The van der Waals surface area contributed by atoms with Crippen LogP contribution in [0, 0.1) is 5.82 Å². The van der Waals surface area contributed by atoms with E-state index in [4.69, 9.17) is 4.74 Å². The lowest BCUT2D eigenvalue weighted by Gasteiger charge is -2.04. The molecule has 7 heteroatoms. The van der Waals surface area contributed by atoms with Crippen LogP contribution in [0.2, 0.25) is 0 Å². The summed E-state index contributed by atoms with van der Waals surface area (Å²) >= 11 is 1.51. The average molecular weight is 369 g/mol. The van der Waals surface area contributed by atoms with Crippen LogP contribution in [0.15, 0.2) is 48.7 Å². The van der Waals surface area contributed by atoms with Crippen LogP contribution in [0.1, 0.15) is 10.4 Å². The fourth-order valence-electron chi connectivity index (χ4n) is 2.77. The summed E-state index contributed by atoms with van der Waals surface area (Å²) < 4.78 is 21.0. The molecular weight excluding hydrogens is 353 g/mol. The van der Waals surface area contributed by atoms with Crippen molar-refractivity contribution in [1.82, 2.24) is 14.7 Å². The first kappa shape index (κ1) is 16.7. The summed E-state index contributed by atoms with van der Waals surface area (Å²) in [5.74, 6) is -0.390. The zero-order valence-electron chi connectivity index (χ0n) is 14.0. The number of nitrogens with zero attached hydrogens (tertiary/aromatic N) is 2. The van der Waals surface area contributed by atoms with Crippen LogP contribution in [0.4, 0.5) is 4.39 Å². The summed E-state index contributed by atoms with van der Waals surface area (Å²) in [5, 5.41) is 2.81. The van der Waals surface area contributed by atoms with Crippen LogP contribution in [-0.2, 0) is 4.74 Å². The minimum atomic E-state index is -0.267. The number of benzene rings is 2. The number of methoxy groups -OCH3 is 1. The molecule has 2 aromatic heterocycles. The van der Waals surface area contributed by atoms with Gasteiger partial charge in [0.25, 0.3) is 5.91 Å². The number of nitrogens with one attached hydrogen (secondary N) is 1. The van der Waals surface area contributed by atoms with Gasteiger partial charge in [0.1, 0.15) is 5.82 Å². The lowest BCUT2D eigenvalue weighted by atomic mass is 10.2. The molecule has 0 aliphatic rings. The number of hydrogen-bond acceptors (Lipinski definition) is 4. The van der Waals surface area contributed by atoms with Crippen LogP contribution in [0.25, 0.3) is 26.4 Å². The molecule has 26 heavy (non-hydrogen) atoms. The van der Waals surface area contributed by atoms with Crippen LogP contribution >= 0.6 is 11.3 Å². The Bertz CT molecular complexity index is 1090. The van der Waals surface area contributed by atoms with Gasteiger partial charge in [-0.3, -0.25) is 9.20 Å². The molecule has 1 amide bonds. The molecule has 0 radical (unpaired) electrons. The molecule has 4 aromatic rings. The fourth-order valence-corrected chi connectivity index (χ4v) is 3.82. The number of imidazole rings is 1. The van der Waals surface area contributed by atoms with E-state index in [1.807, 2.05) is 22.7 Å². The summed E-state index contributed by atoms with van der Waals surface area (Å²) in [6, 6.07) is 11.9. The third-order valence-corrected chi connectivity index (χ3v) is 5.11. The Hall–Kier alpha value is -2.77. The van der Waals surface area contributed by atoms with Crippen molar-refractivity contribution in [1.29, 1.82) is 0 Å².